The van der Waals surface area contributed by atoms with Gasteiger partial charge in [-0.05, 0) is 30.4 Å². The third kappa shape index (κ3) is 2.55. The molecule has 1 unspecified atom stereocenters. The molecule has 2 rings (SSSR count). The summed E-state index contributed by atoms with van der Waals surface area (Å²) in [5.74, 6) is 1.37. The van der Waals surface area contributed by atoms with Crippen LogP contribution in [0.4, 0.5) is 5.82 Å². The number of rotatable bonds is 2. The number of halogens is 2. The Labute approximate surface area is 105 Å². The lowest BCUT2D eigenvalue weighted by molar-refractivity contribution is 0.402. The number of hydrogen-bond acceptors (Lipinski definition) is 4. The van der Waals surface area contributed by atoms with Gasteiger partial charge in [0, 0.05) is 13.1 Å². The van der Waals surface area contributed by atoms with Crippen molar-refractivity contribution in [3.05, 3.63) is 10.4 Å². The first-order valence-corrected chi connectivity index (χ1v) is 6.27. The van der Waals surface area contributed by atoms with Crippen molar-refractivity contribution in [2.75, 3.05) is 18.0 Å². The molecule has 0 aromatic carbocycles. The fraction of sp³-hybridized carbons (Fsp3) is 0.700. The Morgan fingerprint density at radius 1 is 1.38 bits per heavy atom. The van der Waals surface area contributed by atoms with E-state index in [1.54, 1.807) is 0 Å². The van der Waals surface area contributed by atoms with Crippen LogP contribution in [0.1, 0.15) is 26.2 Å². The van der Waals surface area contributed by atoms with Crippen LogP contribution in [0.2, 0.25) is 10.4 Å². The average Bonchev–Trinajstić information content (AvgIpc) is 2.32. The molecule has 1 aliphatic rings. The van der Waals surface area contributed by atoms with Crippen LogP contribution in [0.15, 0.2) is 0 Å². The van der Waals surface area contributed by atoms with Crippen molar-refractivity contribution in [3.8, 4) is 0 Å². The number of nitrogens with zero attached hydrogens (tertiary/aromatic N) is 4. The molecule has 0 saturated carbocycles. The van der Waals surface area contributed by atoms with Crippen LogP contribution in [0.3, 0.4) is 0 Å². The van der Waals surface area contributed by atoms with Crippen LogP contribution in [-0.2, 0) is 0 Å². The molecular weight excluding hydrogens is 247 g/mol. The highest BCUT2D eigenvalue weighted by Gasteiger charge is 2.22. The number of anilines is 1. The quantitative estimate of drug-likeness (QED) is 0.820. The molecular formula is C10H14Cl2N4. The van der Waals surface area contributed by atoms with Gasteiger partial charge in [0.2, 0.25) is 5.28 Å². The number of hydrogen-bond donors (Lipinski definition) is 0. The van der Waals surface area contributed by atoms with Crippen LogP contribution >= 0.6 is 23.2 Å². The van der Waals surface area contributed by atoms with Crippen molar-refractivity contribution >= 4 is 29.0 Å². The third-order valence-electron chi connectivity index (χ3n) is 3.00. The Bertz CT molecular complexity index is 372. The topological polar surface area (TPSA) is 41.9 Å². The smallest absolute Gasteiger partial charge is 0.245 e. The standard InChI is InChI=1S/C10H14Cl2N4/c1-2-7-4-3-5-16(6-7)9-8(11)14-15-10(12)13-9/h7H,2-6H2,1H3. The zero-order valence-corrected chi connectivity index (χ0v) is 10.7. The molecule has 6 heteroatoms. The first-order chi connectivity index (χ1) is 7.70. The Morgan fingerprint density at radius 3 is 2.94 bits per heavy atom. The largest absolute Gasteiger partial charge is 0.354 e. The van der Waals surface area contributed by atoms with E-state index in [4.69, 9.17) is 23.2 Å². The molecule has 1 aromatic heterocycles. The average molecular weight is 261 g/mol. The van der Waals surface area contributed by atoms with E-state index in [1.807, 2.05) is 0 Å². The van der Waals surface area contributed by atoms with Gasteiger partial charge in [-0.2, -0.15) is 4.98 Å². The van der Waals surface area contributed by atoms with Crippen LogP contribution < -0.4 is 4.90 Å². The van der Waals surface area contributed by atoms with Crippen LogP contribution in [0.25, 0.3) is 0 Å². The van der Waals surface area contributed by atoms with Gasteiger partial charge in [0.25, 0.3) is 0 Å². The lowest BCUT2D eigenvalue weighted by Gasteiger charge is -2.33. The Kier molecular flexibility index (Phi) is 3.82. The molecule has 0 N–H and O–H groups in total. The fourth-order valence-electron chi connectivity index (χ4n) is 2.08. The minimum atomic E-state index is 0.151. The molecule has 1 atom stereocenters. The van der Waals surface area contributed by atoms with Gasteiger partial charge in [0.05, 0.1) is 0 Å². The van der Waals surface area contributed by atoms with Crippen molar-refractivity contribution in [2.45, 2.75) is 26.2 Å². The van der Waals surface area contributed by atoms with E-state index in [9.17, 15) is 0 Å². The van der Waals surface area contributed by atoms with E-state index in [-0.39, 0.29) is 5.28 Å². The molecule has 0 spiro atoms. The highest BCUT2D eigenvalue weighted by atomic mass is 35.5. The summed E-state index contributed by atoms with van der Waals surface area (Å²) in [6, 6.07) is 0. The maximum atomic E-state index is 5.98. The molecule has 0 bridgehead atoms. The lowest BCUT2D eigenvalue weighted by Crippen LogP contribution is -2.36. The van der Waals surface area contributed by atoms with Crippen molar-refractivity contribution < 1.29 is 0 Å². The molecule has 1 saturated heterocycles. The monoisotopic (exact) mass is 260 g/mol. The summed E-state index contributed by atoms with van der Waals surface area (Å²) in [7, 11) is 0. The second kappa shape index (κ2) is 5.15. The summed E-state index contributed by atoms with van der Waals surface area (Å²) in [5.41, 5.74) is 0. The molecule has 0 aliphatic carbocycles. The Balaban J connectivity index is 2.19. The molecule has 1 aliphatic heterocycles. The predicted molar refractivity (Wildman–Crippen MR) is 65.1 cm³/mol. The van der Waals surface area contributed by atoms with Crippen LogP contribution in [-0.4, -0.2) is 28.3 Å². The predicted octanol–water partition coefficient (Wildman–Crippen LogP) is 2.80. The van der Waals surface area contributed by atoms with E-state index in [1.165, 1.54) is 12.8 Å². The maximum Gasteiger partial charge on any atom is 0.245 e. The van der Waals surface area contributed by atoms with E-state index in [0.29, 0.717) is 16.9 Å². The van der Waals surface area contributed by atoms with Gasteiger partial charge in [-0.1, -0.05) is 24.9 Å². The summed E-state index contributed by atoms with van der Waals surface area (Å²) in [4.78, 5) is 6.30. The summed E-state index contributed by atoms with van der Waals surface area (Å²) < 4.78 is 0. The van der Waals surface area contributed by atoms with Crippen LogP contribution in [0.5, 0.6) is 0 Å². The van der Waals surface area contributed by atoms with Crippen molar-refractivity contribution in [3.63, 3.8) is 0 Å². The van der Waals surface area contributed by atoms with Gasteiger partial charge in [-0.25, -0.2) is 0 Å². The van der Waals surface area contributed by atoms with Crippen molar-refractivity contribution in [1.29, 1.82) is 0 Å². The molecule has 2 heterocycles. The molecule has 1 fully saturated rings. The first-order valence-electron chi connectivity index (χ1n) is 5.51. The number of piperidine rings is 1. The molecule has 4 nitrogen and oxygen atoms in total. The Hall–Kier alpha value is -0.610. The molecule has 88 valence electrons. The SMILES string of the molecule is CCC1CCCN(c2nc(Cl)nnc2Cl)C1. The highest BCUT2D eigenvalue weighted by molar-refractivity contribution is 6.32. The van der Waals surface area contributed by atoms with Crippen LogP contribution in [0, 0.1) is 5.92 Å². The summed E-state index contributed by atoms with van der Waals surface area (Å²) in [5, 5.41) is 7.89. The van der Waals surface area contributed by atoms with E-state index in [0.717, 1.165) is 19.5 Å². The minimum Gasteiger partial charge on any atom is -0.354 e. The highest BCUT2D eigenvalue weighted by Crippen LogP contribution is 2.27. The number of aromatic nitrogens is 3. The van der Waals surface area contributed by atoms with E-state index >= 15 is 0 Å². The van der Waals surface area contributed by atoms with Gasteiger partial charge < -0.3 is 4.90 Å². The zero-order valence-electron chi connectivity index (χ0n) is 9.16. The minimum absolute atomic E-state index is 0.151. The molecule has 0 radical (unpaired) electrons. The summed E-state index contributed by atoms with van der Waals surface area (Å²) >= 11 is 11.7. The van der Waals surface area contributed by atoms with Crippen molar-refractivity contribution in [2.24, 2.45) is 5.92 Å². The third-order valence-corrected chi connectivity index (χ3v) is 3.40. The van der Waals surface area contributed by atoms with Gasteiger partial charge in [-0.3, -0.25) is 0 Å². The molecule has 16 heavy (non-hydrogen) atoms. The maximum absolute atomic E-state index is 5.98. The van der Waals surface area contributed by atoms with Gasteiger partial charge in [0.15, 0.2) is 11.0 Å². The fourth-order valence-corrected chi connectivity index (χ4v) is 2.40. The lowest BCUT2D eigenvalue weighted by atomic mass is 9.96. The summed E-state index contributed by atoms with van der Waals surface area (Å²) in [6.45, 7) is 4.15. The summed E-state index contributed by atoms with van der Waals surface area (Å²) in [6.07, 6.45) is 3.62. The Morgan fingerprint density at radius 2 is 2.19 bits per heavy atom. The van der Waals surface area contributed by atoms with Gasteiger partial charge >= 0.3 is 0 Å². The van der Waals surface area contributed by atoms with E-state index in [2.05, 4.69) is 27.0 Å². The second-order valence-electron chi connectivity index (χ2n) is 4.06. The van der Waals surface area contributed by atoms with Gasteiger partial charge in [-0.15, -0.1) is 10.2 Å². The molecule has 0 amide bonds. The van der Waals surface area contributed by atoms with Gasteiger partial charge in [0.1, 0.15) is 0 Å². The zero-order chi connectivity index (χ0) is 11.5. The molecule has 1 aromatic rings. The van der Waals surface area contributed by atoms with Crippen molar-refractivity contribution in [1.82, 2.24) is 15.2 Å². The van der Waals surface area contributed by atoms with E-state index < -0.39 is 0 Å². The second-order valence-corrected chi connectivity index (χ2v) is 4.75. The first kappa shape index (κ1) is 11.9. The normalized spacial score (nSPS) is 21.2.